The average Bonchev–Trinajstić information content (AvgIpc) is 3.08. The lowest BCUT2D eigenvalue weighted by Gasteiger charge is -2.22. The van der Waals surface area contributed by atoms with Crippen molar-refractivity contribution in [2.24, 2.45) is 5.92 Å². The number of allylic oxidation sites excluding steroid dienone is 2. The first-order valence-corrected chi connectivity index (χ1v) is 9.68. The highest BCUT2D eigenvalue weighted by Gasteiger charge is 2.35. The van der Waals surface area contributed by atoms with Gasteiger partial charge < -0.3 is 20.6 Å². The Morgan fingerprint density at radius 3 is 2.32 bits per heavy atom. The van der Waals surface area contributed by atoms with Crippen molar-refractivity contribution in [3.8, 4) is 0 Å². The van der Waals surface area contributed by atoms with Gasteiger partial charge in [0.15, 0.2) is 5.69 Å². The molecule has 31 heavy (non-hydrogen) atoms. The van der Waals surface area contributed by atoms with Crippen LogP contribution in [0.4, 0.5) is 23.2 Å². The van der Waals surface area contributed by atoms with Gasteiger partial charge in [-0.25, -0.2) is 9.37 Å². The molecule has 0 saturated heterocycles. The fourth-order valence-electron chi connectivity index (χ4n) is 3.06. The van der Waals surface area contributed by atoms with Gasteiger partial charge in [0.25, 0.3) is 0 Å². The van der Waals surface area contributed by atoms with Crippen molar-refractivity contribution in [1.82, 2.24) is 14.9 Å². The van der Waals surface area contributed by atoms with Gasteiger partial charge in [-0.05, 0) is 43.5 Å². The number of imidazole rings is 1. The first-order chi connectivity index (χ1) is 14.5. The van der Waals surface area contributed by atoms with Crippen LogP contribution in [0.25, 0.3) is 0 Å². The molecule has 3 N–H and O–H groups in total. The molecule has 1 amide bonds. The van der Waals surface area contributed by atoms with E-state index < -0.39 is 29.6 Å². The molecule has 0 aliphatic rings. The number of aromatic nitrogens is 2. The summed E-state index contributed by atoms with van der Waals surface area (Å²) in [5, 5.41) is 13.5. The number of anilines is 1. The highest BCUT2D eigenvalue weighted by molar-refractivity contribution is 5.90. The molecule has 0 saturated carbocycles. The third-order valence-electron chi connectivity index (χ3n) is 4.63. The molecule has 6 nitrogen and oxygen atoms in total. The van der Waals surface area contributed by atoms with Crippen molar-refractivity contribution in [1.29, 1.82) is 5.41 Å². The van der Waals surface area contributed by atoms with Gasteiger partial charge in [0.05, 0.1) is 5.70 Å². The van der Waals surface area contributed by atoms with Crippen molar-refractivity contribution < 1.29 is 22.4 Å². The lowest BCUT2D eigenvalue weighted by atomic mass is 10.1. The highest BCUT2D eigenvalue weighted by atomic mass is 19.4. The maximum Gasteiger partial charge on any atom is 0.434 e. The van der Waals surface area contributed by atoms with Crippen molar-refractivity contribution in [2.45, 2.75) is 46.3 Å². The fourth-order valence-corrected chi connectivity index (χ4v) is 3.06. The molecule has 0 aliphatic heterocycles. The number of rotatable bonds is 8. The van der Waals surface area contributed by atoms with Gasteiger partial charge in [0.1, 0.15) is 17.7 Å². The Balaban J connectivity index is 2.34. The molecule has 1 aromatic heterocycles. The zero-order chi connectivity index (χ0) is 23.3. The third kappa shape index (κ3) is 5.93. The summed E-state index contributed by atoms with van der Waals surface area (Å²) >= 11 is 0. The second kappa shape index (κ2) is 9.76. The molecule has 168 valence electrons. The highest BCUT2D eigenvalue weighted by Crippen LogP contribution is 2.30. The molecular formula is C21H25F4N5O. The molecule has 0 radical (unpaired) electrons. The molecule has 0 spiro atoms. The van der Waals surface area contributed by atoms with E-state index in [1.54, 1.807) is 6.92 Å². The van der Waals surface area contributed by atoms with Crippen LogP contribution in [0.1, 0.15) is 44.8 Å². The van der Waals surface area contributed by atoms with E-state index in [1.807, 2.05) is 13.8 Å². The Labute approximate surface area is 177 Å². The number of nitrogens with one attached hydrogen (secondary N) is 3. The van der Waals surface area contributed by atoms with Crippen LogP contribution in [0, 0.1) is 24.1 Å². The molecule has 0 aliphatic carbocycles. The summed E-state index contributed by atoms with van der Waals surface area (Å²) in [7, 11) is 0. The monoisotopic (exact) mass is 439 g/mol. The lowest BCUT2D eigenvalue weighted by Crippen LogP contribution is -2.34. The summed E-state index contributed by atoms with van der Waals surface area (Å²) in [5.41, 5.74) is 0.158. The predicted molar refractivity (Wildman–Crippen MR) is 110 cm³/mol. The van der Waals surface area contributed by atoms with E-state index in [4.69, 9.17) is 5.41 Å². The minimum absolute atomic E-state index is 0.0585. The van der Waals surface area contributed by atoms with E-state index in [2.05, 4.69) is 15.6 Å². The second-order valence-electron chi connectivity index (χ2n) is 7.25. The van der Waals surface area contributed by atoms with Crippen LogP contribution in [-0.4, -0.2) is 21.7 Å². The van der Waals surface area contributed by atoms with Crippen LogP contribution in [-0.2, 0) is 11.0 Å². The minimum Gasteiger partial charge on any atom is -0.357 e. The number of alkyl halides is 3. The zero-order valence-corrected chi connectivity index (χ0v) is 17.6. The molecule has 2 aromatic rings. The number of hydrogen-bond acceptors (Lipinski definition) is 4. The van der Waals surface area contributed by atoms with Crippen LogP contribution in [0.5, 0.6) is 0 Å². The van der Waals surface area contributed by atoms with Crippen LogP contribution in [0.15, 0.2) is 41.9 Å². The molecule has 0 fully saturated rings. The summed E-state index contributed by atoms with van der Waals surface area (Å²) in [5.74, 6) is -1.06. The summed E-state index contributed by atoms with van der Waals surface area (Å²) in [6.45, 7) is 6.75. The molecular weight excluding hydrogens is 414 g/mol. The zero-order valence-electron chi connectivity index (χ0n) is 17.6. The predicted octanol–water partition coefficient (Wildman–Crippen LogP) is 5.05. The maximum absolute atomic E-state index is 13.2. The van der Waals surface area contributed by atoms with Crippen LogP contribution in [0.3, 0.4) is 0 Å². The number of aryl methyl sites for hydroxylation is 1. The van der Waals surface area contributed by atoms with Gasteiger partial charge in [0, 0.05) is 23.8 Å². The summed E-state index contributed by atoms with van der Waals surface area (Å²) in [4.78, 5) is 16.4. The topological polar surface area (TPSA) is 82.8 Å². The Bertz CT molecular complexity index is 961. The van der Waals surface area contributed by atoms with E-state index in [9.17, 15) is 22.4 Å². The summed E-state index contributed by atoms with van der Waals surface area (Å²) < 4.78 is 53.3. The molecule has 1 heterocycles. The van der Waals surface area contributed by atoms with Crippen LogP contribution in [0.2, 0.25) is 0 Å². The Morgan fingerprint density at radius 1 is 1.26 bits per heavy atom. The van der Waals surface area contributed by atoms with Crippen LogP contribution >= 0.6 is 0 Å². The molecule has 10 heteroatoms. The van der Waals surface area contributed by atoms with Crippen molar-refractivity contribution in [2.75, 3.05) is 5.32 Å². The maximum atomic E-state index is 13.2. The number of carbonyl (C=O) groups is 1. The minimum atomic E-state index is -4.62. The number of halogens is 4. The van der Waals surface area contributed by atoms with Gasteiger partial charge in [-0.3, -0.25) is 4.79 Å². The number of hydrogen-bond donors (Lipinski definition) is 3. The number of amides is 1. The van der Waals surface area contributed by atoms with E-state index in [-0.39, 0.29) is 23.9 Å². The van der Waals surface area contributed by atoms with Gasteiger partial charge in [-0.15, -0.1) is 0 Å². The molecule has 0 bridgehead atoms. The Morgan fingerprint density at radius 2 is 1.87 bits per heavy atom. The third-order valence-corrected chi connectivity index (χ3v) is 4.63. The number of nitrogens with zero attached hydrogens (tertiary/aromatic N) is 2. The van der Waals surface area contributed by atoms with Crippen molar-refractivity contribution in [3.63, 3.8) is 0 Å². The summed E-state index contributed by atoms with van der Waals surface area (Å²) in [6, 6.07) is 4.64. The normalized spacial score (nSPS) is 13.6. The quantitative estimate of drug-likeness (QED) is 0.398. The SMILES string of the molecule is CCC(C(=O)N/C(C=N)=C(/Nc1ccc(F)cc1)C(C)C)n1cc(C(F)(F)F)nc1C. The molecule has 2 rings (SSSR count). The fraction of sp³-hybridized carbons (Fsp3) is 0.381. The van der Waals surface area contributed by atoms with E-state index in [1.165, 1.54) is 35.8 Å². The lowest BCUT2D eigenvalue weighted by molar-refractivity contribution is -0.141. The second-order valence-corrected chi connectivity index (χ2v) is 7.25. The standard InChI is InChI=1S/C21H25F4N5O/c1-5-17(30-11-18(21(23,24)25)27-13(30)4)20(31)29-16(10-26)19(12(2)3)28-15-8-6-14(22)7-9-15/h6-12,17,26,28H,5H2,1-4H3,(H,29,31)/b19-16+,26-10?. The van der Waals surface area contributed by atoms with E-state index in [0.29, 0.717) is 11.4 Å². The van der Waals surface area contributed by atoms with Gasteiger partial charge >= 0.3 is 6.18 Å². The first kappa shape index (κ1) is 24.1. The van der Waals surface area contributed by atoms with E-state index in [0.717, 1.165) is 12.4 Å². The van der Waals surface area contributed by atoms with Crippen molar-refractivity contribution in [3.05, 3.63) is 59.2 Å². The van der Waals surface area contributed by atoms with Gasteiger partial charge in [-0.2, -0.15) is 13.2 Å². The number of benzene rings is 1. The molecule has 1 unspecified atom stereocenters. The van der Waals surface area contributed by atoms with Crippen molar-refractivity contribution >= 4 is 17.8 Å². The first-order valence-electron chi connectivity index (χ1n) is 9.68. The molecule has 1 atom stereocenters. The average molecular weight is 439 g/mol. The number of carbonyl (C=O) groups excluding carboxylic acids is 1. The smallest absolute Gasteiger partial charge is 0.357 e. The molecule has 1 aromatic carbocycles. The summed E-state index contributed by atoms with van der Waals surface area (Å²) in [6.07, 6.45) is -2.63. The van der Waals surface area contributed by atoms with Gasteiger partial charge in [-0.1, -0.05) is 20.8 Å². The Hall–Kier alpha value is -3.17. The largest absolute Gasteiger partial charge is 0.434 e. The van der Waals surface area contributed by atoms with E-state index >= 15 is 0 Å². The van der Waals surface area contributed by atoms with Crippen LogP contribution < -0.4 is 10.6 Å². The van der Waals surface area contributed by atoms with Gasteiger partial charge in [0.2, 0.25) is 5.91 Å². The Kier molecular flexibility index (Phi) is 7.59.